The van der Waals surface area contributed by atoms with Crippen LogP contribution in [-0.2, 0) is 14.8 Å². The Hall–Kier alpha value is -2.07. The number of nitrogens with one attached hydrogen (secondary N) is 1. The molecule has 1 aromatic rings. The van der Waals surface area contributed by atoms with Crippen molar-refractivity contribution in [1.82, 2.24) is 0 Å². The maximum atomic E-state index is 11.5. The summed E-state index contributed by atoms with van der Waals surface area (Å²) in [5.41, 5.74) is 0.608. The van der Waals surface area contributed by atoms with Gasteiger partial charge in [-0.3, -0.25) is 9.52 Å². The van der Waals surface area contributed by atoms with Gasteiger partial charge in [-0.1, -0.05) is 0 Å². The van der Waals surface area contributed by atoms with Gasteiger partial charge < -0.3 is 5.11 Å². The first-order valence-electron chi connectivity index (χ1n) is 4.61. The molecule has 7 heteroatoms. The highest BCUT2D eigenvalue weighted by Crippen LogP contribution is 2.13. The van der Waals surface area contributed by atoms with E-state index in [1.165, 1.54) is 24.3 Å². The van der Waals surface area contributed by atoms with E-state index in [1.54, 1.807) is 0 Å². The Morgan fingerprint density at radius 1 is 1.41 bits per heavy atom. The highest BCUT2D eigenvalue weighted by atomic mass is 32.2. The van der Waals surface area contributed by atoms with Gasteiger partial charge in [0.25, 0.3) is 0 Å². The number of carboxylic acid groups (broad SMARTS) is 1. The number of aliphatic carboxylic acids is 1. The number of sulfonamides is 1. The molecule has 90 valence electrons. The molecule has 17 heavy (non-hydrogen) atoms. The number of carbonyl (C=O) groups is 1. The minimum Gasteiger partial charge on any atom is -0.480 e. The maximum absolute atomic E-state index is 11.5. The van der Waals surface area contributed by atoms with Gasteiger partial charge in [0, 0.05) is 5.69 Å². The molecule has 1 rings (SSSR count). The zero-order valence-electron chi connectivity index (χ0n) is 8.91. The van der Waals surface area contributed by atoms with Crippen molar-refractivity contribution in [2.45, 2.75) is 12.2 Å². The second-order valence-electron chi connectivity index (χ2n) is 3.32. The molecule has 0 bridgehead atoms. The van der Waals surface area contributed by atoms with Crippen LogP contribution in [0.25, 0.3) is 0 Å². The van der Waals surface area contributed by atoms with Gasteiger partial charge in [-0.05, 0) is 31.2 Å². The zero-order chi connectivity index (χ0) is 13.1. The van der Waals surface area contributed by atoms with E-state index in [-0.39, 0.29) is 5.69 Å². The predicted molar refractivity (Wildman–Crippen MR) is 60.8 cm³/mol. The molecule has 1 aromatic carbocycles. The second-order valence-corrected chi connectivity index (χ2v) is 5.32. The number of hydrogen-bond donors (Lipinski definition) is 2. The van der Waals surface area contributed by atoms with Crippen LogP contribution in [0.4, 0.5) is 5.69 Å². The largest absolute Gasteiger partial charge is 0.480 e. The molecule has 0 heterocycles. The highest BCUT2D eigenvalue weighted by Gasteiger charge is 2.27. The fourth-order valence-electron chi connectivity index (χ4n) is 0.998. The molecule has 0 fully saturated rings. The second kappa shape index (κ2) is 4.84. The Balaban J connectivity index is 2.91. The molecular weight excluding hydrogens is 244 g/mol. The summed E-state index contributed by atoms with van der Waals surface area (Å²) >= 11 is 0. The molecule has 0 aliphatic carbocycles. The van der Waals surface area contributed by atoms with E-state index in [9.17, 15) is 13.2 Å². The van der Waals surface area contributed by atoms with E-state index < -0.39 is 21.2 Å². The highest BCUT2D eigenvalue weighted by molar-refractivity contribution is 7.94. The zero-order valence-corrected chi connectivity index (χ0v) is 9.73. The molecule has 0 radical (unpaired) electrons. The molecule has 0 aliphatic rings. The third-order valence-electron chi connectivity index (χ3n) is 2.09. The molecule has 0 saturated carbocycles. The summed E-state index contributed by atoms with van der Waals surface area (Å²) in [6.07, 6.45) is 0. The molecule has 1 atom stereocenters. The van der Waals surface area contributed by atoms with Crippen LogP contribution in [0, 0.1) is 11.3 Å². The maximum Gasteiger partial charge on any atom is 0.323 e. The van der Waals surface area contributed by atoms with Crippen molar-refractivity contribution >= 4 is 21.7 Å². The third kappa shape index (κ3) is 3.19. The Morgan fingerprint density at radius 2 is 1.94 bits per heavy atom. The summed E-state index contributed by atoms with van der Waals surface area (Å²) in [5.74, 6) is -1.42. The molecule has 2 N–H and O–H groups in total. The van der Waals surface area contributed by atoms with E-state index in [0.29, 0.717) is 5.56 Å². The van der Waals surface area contributed by atoms with Crippen molar-refractivity contribution in [3.63, 3.8) is 0 Å². The van der Waals surface area contributed by atoms with Gasteiger partial charge in [-0.2, -0.15) is 5.26 Å². The van der Waals surface area contributed by atoms with Crippen molar-refractivity contribution in [3.05, 3.63) is 29.8 Å². The predicted octanol–water partition coefficient (Wildman–Crippen LogP) is 0.773. The lowest BCUT2D eigenvalue weighted by Gasteiger charge is -2.10. The fourth-order valence-corrected chi connectivity index (χ4v) is 1.91. The normalized spacial score (nSPS) is 12.5. The van der Waals surface area contributed by atoms with Crippen LogP contribution in [0.5, 0.6) is 0 Å². The van der Waals surface area contributed by atoms with Gasteiger partial charge >= 0.3 is 5.97 Å². The van der Waals surface area contributed by atoms with E-state index in [1.807, 2.05) is 6.07 Å². The number of hydrogen-bond acceptors (Lipinski definition) is 4. The van der Waals surface area contributed by atoms with E-state index in [4.69, 9.17) is 10.4 Å². The number of rotatable bonds is 4. The quantitative estimate of drug-likeness (QED) is 0.825. The first-order chi connectivity index (χ1) is 7.86. The molecule has 1 unspecified atom stereocenters. The molecule has 0 spiro atoms. The minimum absolute atomic E-state index is 0.220. The van der Waals surface area contributed by atoms with Crippen molar-refractivity contribution in [2.75, 3.05) is 4.72 Å². The molecule has 6 nitrogen and oxygen atoms in total. The number of nitriles is 1. The Kier molecular flexibility index (Phi) is 3.70. The molecular formula is C10H10N2O4S. The summed E-state index contributed by atoms with van der Waals surface area (Å²) in [6.45, 7) is 1.08. The first-order valence-corrected chi connectivity index (χ1v) is 6.16. The summed E-state index contributed by atoms with van der Waals surface area (Å²) in [6, 6.07) is 7.54. The third-order valence-corrected chi connectivity index (χ3v) is 3.74. The van der Waals surface area contributed by atoms with Crippen LogP contribution in [-0.4, -0.2) is 24.7 Å². The number of anilines is 1. The molecule has 0 amide bonds. The summed E-state index contributed by atoms with van der Waals surface area (Å²) in [4.78, 5) is 10.6. The number of nitrogens with zero attached hydrogens (tertiary/aromatic N) is 1. The van der Waals surface area contributed by atoms with Crippen LogP contribution in [0.2, 0.25) is 0 Å². The van der Waals surface area contributed by atoms with Crippen molar-refractivity contribution < 1.29 is 18.3 Å². The Bertz CT molecular complexity index is 557. The molecule has 0 aliphatic heterocycles. The van der Waals surface area contributed by atoms with Crippen molar-refractivity contribution in [3.8, 4) is 6.07 Å². The summed E-state index contributed by atoms with van der Waals surface area (Å²) < 4.78 is 25.2. The number of carboxylic acids is 1. The van der Waals surface area contributed by atoms with Gasteiger partial charge in [0.15, 0.2) is 5.25 Å². The minimum atomic E-state index is -3.96. The van der Waals surface area contributed by atoms with Gasteiger partial charge in [0.2, 0.25) is 10.0 Å². The van der Waals surface area contributed by atoms with Crippen molar-refractivity contribution in [1.29, 1.82) is 5.26 Å². The van der Waals surface area contributed by atoms with Gasteiger partial charge in [0.05, 0.1) is 11.6 Å². The number of benzene rings is 1. The van der Waals surface area contributed by atoms with Crippen LogP contribution in [0.1, 0.15) is 12.5 Å². The van der Waals surface area contributed by atoms with E-state index >= 15 is 0 Å². The standard InChI is InChI=1S/C10H10N2O4S/c1-7(10(13)14)17(15,16)12-9-4-2-8(6-11)3-5-9/h2-5,7,12H,1H3,(H,13,14). The van der Waals surface area contributed by atoms with Crippen LogP contribution < -0.4 is 4.72 Å². The monoisotopic (exact) mass is 254 g/mol. The first kappa shape index (κ1) is 13.0. The Morgan fingerprint density at radius 3 is 2.35 bits per heavy atom. The average Bonchev–Trinajstić information content (AvgIpc) is 2.28. The topological polar surface area (TPSA) is 107 Å². The lowest BCUT2D eigenvalue weighted by atomic mass is 10.2. The smallest absolute Gasteiger partial charge is 0.323 e. The van der Waals surface area contributed by atoms with Crippen LogP contribution >= 0.6 is 0 Å². The van der Waals surface area contributed by atoms with Gasteiger partial charge in [0.1, 0.15) is 0 Å². The summed E-state index contributed by atoms with van der Waals surface area (Å²) in [5, 5.41) is 15.6. The van der Waals surface area contributed by atoms with Crippen LogP contribution in [0.3, 0.4) is 0 Å². The van der Waals surface area contributed by atoms with Crippen LogP contribution in [0.15, 0.2) is 24.3 Å². The fraction of sp³-hybridized carbons (Fsp3) is 0.200. The molecule has 0 aromatic heterocycles. The van der Waals surface area contributed by atoms with E-state index in [0.717, 1.165) is 6.92 Å². The van der Waals surface area contributed by atoms with Crippen molar-refractivity contribution in [2.24, 2.45) is 0 Å². The lowest BCUT2D eigenvalue weighted by molar-refractivity contribution is -0.136. The van der Waals surface area contributed by atoms with Gasteiger partial charge in [-0.15, -0.1) is 0 Å². The van der Waals surface area contributed by atoms with E-state index in [2.05, 4.69) is 4.72 Å². The average molecular weight is 254 g/mol. The summed E-state index contributed by atoms with van der Waals surface area (Å²) in [7, 11) is -3.96. The molecule has 0 saturated heterocycles. The Labute approximate surface area is 98.6 Å². The lowest BCUT2D eigenvalue weighted by Crippen LogP contribution is -2.32. The van der Waals surface area contributed by atoms with Gasteiger partial charge in [-0.25, -0.2) is 8.42 Å². The SMILES string of the molecule is CC(C(=O)O)S(=O)(=O)Nc1ccc(C#N)cc1.